The molecule has 0 unspecified atom stereocenters. The van der Waals surface area contributed by atoms with E-state index in [0.717, 1.165) is 25.0 Å². The third-order valence-electron chi connectivity index (χ3n) is 10.6. The van der Waals surface area contributed by atoms with Gasteiger partial charge in [-0.2, -0.15) is 0 Å². The average Bonchev–Trinajstić information content (AvgIpc) is 3.31. The number of hydroxylamine groups is 1. The molecule has 17 heteroatoms. The number of carbonyl (C=O) groups excluding carboxylic acids is 5. The molecule has 4 N–H and O–H groups in total. The number of Topliss-reactive ketones (excluding diaryl/α,β-unsaturated/α-hetero) is 3. The van der Waals surface area contributed by atoms with E-state index < -0.39 is 29.8 Å². The molecule has 0 radical (unpaired) electrons. The summed E-state index contributed by atoms with van der Waals surface area (Å²) in [5.74, 6) is -2.21. The summed E-state index contributed by atoms with van der Waals surface area (Å²) in [6, 6.07) is 6.74. The summed E-state index contributed by atoms with van der Waals surface area (Å²) >= 11 is 0. The van der Waals surface area contributed by atoms with Crippen LogP contribution in [0.4, 0.5) is 0 Å². The van der Waals surface area contributed by atoms with Gasteiger partial charge in [0.05, 0.1) is 51.4 Å². The van der Waals surface area contributed by atoms with E-state index >= 15 is 0 Å². The van der Waals surface area contributed by atoms with Crippen molar-refractivity contribution in [3.8, 4) is 5.75 Å². The molecular weight excluding hydrogens is 803 g/mol. The average molecular weight is 878 g/mol. The second kappa shape index (κ2) is 31.9. The van der Waals surface area contributed by atoms with Crippen molar-refractivity contribution in [3.63, 3.8) is 0 Å². The topological polar surface area (TPSA) is 214 Å². The third kappa shape index (κ3) is 23.6. The van der Waals surface area contributed by atoms with Crippen LogP contribution in [0.25, 0.3) is 0 Å². The third-order valence-corrected chi connectivity index (χ3v) is 10.6. The van der Waals surface area contributed by atoms with Crippen molar-refractivity contribution >= 4 is 35.1 Å². The quantitative estimate of drug-likeness (QED) is 0.0707. The number of methoxy groups -OCH3 is 1. The summed E-state index contributed by atoms with van der Waals surface area (Å²) in [7, 11) is 1.60. The van der Waals surface area contributed by atoms with Crippen molar-refractivity contribution < 1.29 is 58.0 Å². The summed E-state index contributed by atoms with van der Waals surface area (Å²) in [4.78, 5) is 80.0. The van der Waals surface area contributed by atoms with E-state index in [2.05, 4.69) is 17.1 Å². The predicted octanol–water partition coefficient (Wildman–Crippen LogP) is 3.04. The van der Waals surface area contributed by atoms with Crippen LogP contribution in [0.5, 0.6) is 5.75 Å². The lowest BCUT2D eigenvalue weighted by Gasteiger charge is -2.29. The first-order chi connectivity index (χ1) is 29.8. The van der Waals surface area contributed by atoms with Gasteiger partial charge in [0.2, 0.25) is 11.8 Å². The second-order valence-corrected chi connectivity index (χ2v) is 16.6. The molecule has 1 aromatic carbocycles. The zero-order chi connectivity index (χ0) is 45.7. The number of benzene rings is 1. The molecule has 1 aromatic rings. The minimum atomic E-state index is -0.859. The molecule has 4 rings (SSSR count). The Morgan fingerprint density at radius 1 is 0.855 bits per heavy atom. The highest BCUT2D eigenvalue weighted by Gasteiger charge is 2.36. The minimum absolute atomic E-state index is 0.0233. The summed E-state index contributed by atoms with van der Waals surface area (Å²) in [6.07, 6.45) is 4.68. The highest BCUT2D eigenvalue weighted by Crippen LogP contribution is 2.27. The molecule has 0 aromatic heterocycles. The van der Waals surface area contributed by atoms with Crippen LogP contribution in [0.15, 0.2) is 24.3 Å². The van der Waals surface area contributed by atoms with Crippen LogP contribution in [-0.2, 0) is 49.4 Å². The van der Waals surface area contributed by atoms with Crippen molar-refractivity contribution in [2.45, 2.75) is 91.5 Å². The van der Waals surface area contributed by atoms with Gasteiger partial charge in [0.1, 0.15) is 17.3 Å². The van der Waals surface area contributed by atoms with Gasteiger partial charge in [-0.1, -0.05) is 32.9 Å². The van der Waals surface area contributed by atoms with E-state index in [-0.39, 0.29) is 42.1 Å². The van der Waals surface area contributed by atoms with Gasteiger partial charge in [-0.05, 0) is 75.5 Å². The summed E-state index contributed by atoms with van der Waals surface area (Å²) < 4.78 is 21.6. The number of nitrogens with zero attached hydrogens (tertiary/aromatic N) is 3. The van der Waals surface area contributed by atoms with Crippen molar-refractivity contribution in [1.29, 1.82) is 0 Å². The van der Waals surface area contributed by atoms with Crippen LogP contribution in [0.2, 0.25) is 0 Å². The van der Waals surface area contributed by atoms with E-state index in [1.807, 2.05) is 47.9 Å². The lowest BCUT2D eigenvalue weighted by molar-refractivity contribution is -0.142. The molecule has 352 valence electrons. The Balaban J connectivity index is 0.000000442. The van der Waals surface area contributed by atoms with Crippen LogP contribution < -0.4 is 15.5 Å². The molecule has 3 aliphatic heterocycles. The van der Waals surface area contributed by atoms with Gasteiger partial charge in [-0.3, -0.25) is 48.7 Å². The fraction of sp³-hybridized carbons (Fsp3) is 0.733. The molecule has 17 nitrogen and oxygen atoms in total. The van der Waals surface area contributed by atoms with E-state index in [9.17, 15) is 34.0 Å². The Morgan fingerprint density at radius 2 is 1.45 bits per heavy atom. The largest absolute Gasteiger partial charge is 0.494 e. The SMILES string of the molecule is CCCOCCCC(=O)CN1CCN(CC(C)=O)CCN(CC(=O)O)CC1.COCCOCCCC(=O)[C@@H]1Cc2ccc(cc2)OCCC[C@H](C(=O)NO)[C@@H](CC(C)C)C(=O)N1. The molecule has 0 spiro atoms. The van der Waals surface area contributed by atoms with Crippen molar-refractivity contribution in [3.05, 3.63) is 29.8 Å². The number of hydrogen-bond donors (Lipinski definition) is 4. The summed E-state index contributed by atoms with van der Waals surface area (Å²) in [6.45, 7) is 15.3. The van der Waals surface area contributed by atoms with Crippen LogP contribution >= 0.6 is 0 Å². The van der Waals surface area contributed by atoms with Crippen molar-refractivity contribution in [1.82, 2.24) is 25.5 Å². The second-order valence-electron chi connectivity index (χ2n) is 16.6. The van der Waals surface area contributed by atoms with Gasteiger partial charge in [-0.25, -0.2) is 5.48 Å². The number of nitrogens with one attached hydrogen (secondary N) is 2. The first-order valence-corrected chi connectivity index (χ1v) is 22.3. The van der Waals surface area contributed by atoms with Crippen molar-refractivity contribution in [2.75, 3.05) is 106 Å². The Kier molecular flexibility index (Phi) is 27.9. The molecule has 1 fully saturated rings. The number of carboxylic acid groups (broad SMARTS) is 1. The first-order valence-electron chi connectivity index (χ1n) is 22.3. The van der Waals surface area contributed by atoms with Crippen LogP contribution in [0.3, 0.4) is 0 Å². The number of ether oxygens (including phenoxy) is 4. The molecular formula is C45H75N5O12. The number of ketones is 3. The standard InChI is InChI=1S/C26H40N2O7.C19H35N3O5/c1-18(2)16-22-21(26(31)28-32)6-4-13-35-20-10-8-19(9-11-20)17-23(27-25(22)30)24(29)7-5-12-34-15-14-33-3;1-3-12-27-13-4-5-18(24)15-21-8-6-20(14-17(2)23)7-10-22(11-9-21)16-19(25)26/h8-11,18,21-23,32H,4-7,12-17H2,1-3H3,(H,27,30)(H,28,31);3-16H2,1-2H3,(H,25,26)/t21-,22+,23-;/m0./s1. The lowest BCUT2D eigenvalue weighted by atomic mass is 9.81. The van der Waals surface area contributed by atoms with Crippen LogP contribution in [-0.4, -0.2) is 172 Å². The molecule has 0 saturated carbocycles. The molecule has 3 atom stereocenters. The fourth-order valence-electron chi connectivity index (χ4n) is 7.41. The molecule has 62 heavy (non-hydrogen) atoms. The van der Waals surface area contributed by atoms with Gasteiger partial charge >= 0.3 is 5.97 Å². The zero-order valence-electron chi connectivity index (χ0n) is 37.9. The van der Waals surface area contributed by atoms with E-state index in [1.54, 1.807) is 19.5 Å². The van der Waals surface area contributed by atoms with Crippen LogP contribution in [0, 0.1) is 17.8 Å². The smallest absolute Gasteiger partial charge is 0.317 e. The Labute approximate surface area is 368 Å². The maximum atomic E-state index is 13.5. The molecule has 1 saturated heterocycles. The van der Waals surface area contributed by atoms with E-state index in [1.165, 1.54) is 0 Å². The van der Waals surface area contributed by atoms with Gasteiger partial charge in [-0.15, -0.1) is 0 Å². The van der Waals surface area contributed by atoms with Gasteiger partial charge in [0.15, 0.2) is 5.78 Å². The molecule has 3 heterocycles. The number of carbonyl (C=O) groups is 6. The van der Waals surface area contributed by atoms with Gasteiger partial charge in [0, 0.05) is 85.0 Å². The first kappa shape index (κ1) is 54.3. The highest BCUT2D eigenvalue weighted by molar-refractivity contribution is 5.92. The lowest BCUT2D eigenvalue weighted by Crippen LogP contribution is -2.49. The normalized spacial score (nSPS) is 19.7. The number of aliphatic carboxylic acids is 1. The highest BCUT2D eigenvalue weighted by atomic mass is 16.5. The van der Waals surface area contributed by atoms with Gasteiger partial charge in [0.25, 0.3) is 0 Å². The number of hydrogen-bond acceptors (Lipinski definition) is 14. The maximum absolute atomic E-state index is 13.5. The minimum Gasteiger partial charge on any atom is -0.494 e. The number of fused-ring (bicyclic) bond motifs is 11. The Hall–Kier alpha value is -3.84. The molecule has 2 amide bonds. The summed E-state index contributed by atoms with van der Waals surface area (Å²) in [5.41, 5.74) is 2.62. The monoisotopic (exact) mass is 878 g/mol. The number of rotatable bonds is 23. The molecule has 0 aliphatic carbocycles. The molecule has 3 aliphatic rings. The number of carboxylic acids is 1. The predicted molar refractivity (Wildman–Crippen MR) is 233 cm³/mol. The maximum Gasteiger partial charge on any atom is 0.317 e. The van der Waals surface area contributed by atoms with E-state index in [0.29, 0.717) is 130 Å². The Morgan fingerprint density at radius 3 is 2.02 bits per heavy atom. The van der Waals surface area contributed by atoms with Crippen LogP contribution in [0.1, 0.15) is 84.6 Å². The van der Waals surface area contributed by atoms with Crippen molar-refractivity contribution in [2.24, 2.45) is 17.8 Å². The fourth-order valence-corrected chi connectivity index (χ4v) is 7.41. The van der Waals surface area contributed by atoms with E-state index in [4.69, 9.17) is 24.1 Å². The molecule has 2 bridgehead atoms. The number of amides is 2. The van der Waals surface area contributed by atoms with Gasteiger partial charge < -0.3 is 29.4 Å². The Bertz CT molecular complexity index is 1450. The summed E-state index contributed by atoms with van der Waals surface area (Å²) in [5, 5.41) is 21.4. The zero-order valence-corrected chi connectivity index (χ0v) is 37.9.